The van der Waals surface area contributed by atoms with Gasteiger partial charge < -0.3 is 9.64 Å². The van der Waals surface area contributed by atoms with Crippen molar-refractivity contribution in [2.45, 2.75) is 57.0 Å². The van der Waals surface area contributed by atoms with E-state index in [0.29, 0.717) is 17.8 Å². The predicted molar refractivity (Wildman–Crippen MR) is 81.6 cm³/mol. The van der Waals surface area contributed by atoms with E-state index in [2.05, 4.69) is 9.72 Å². The lowest BCUT2D eigenvalue weighted by molar-refractivity contribution is 0.0590. The highest BCUT2D eigenvalue weighted by molar-refractivity contribution is 5.95. The van der Waals surface area contributed by atoms with E-state index in [1.54, 1.807) is 18.2 Å². The highest BCUT2D eigenvalue weighted by Gasteiger charge is 2.38. The molecule has 0 saturated heterocycles. The van der Waals surface area contributed by atoms with Gasteiger partial charge in [-0.05, 0) is 37.8 Å². The number of ether oxygens (including phenoxy) is 1. The van der Waals surface area contributed by atoms with E-state index < -0.39 is 5.97 Å². The number of methoxy groups -OCH3 is 1. The van der Waals surface area contributed by atoms with Crippen molar-refractivity contribution in [3.8, 4) is 0 Å². The third kappa shape index (κ3) is 3.13. The Labute approximate surface area is 130 Å². The maximum absolute atomic E-state index is 12.9. The number of aromatic nitrogens is 1. The summed E-state index contributed by atoms with van der Waals surface area (Å²) in [6.07, 6.45) is 7.97. The van der Waals surface area contributed by atoms with Gasteiger partial charge >= 0.3 is 5.97 Å². The van der Waals surface area contributed by atoms with Gasteiger partial charge in [0, 0.05) is 12.1 Å². The van der Waals surface area contributed by atoms with Crippen LogP contribution in [0.25, 0.3) is 0 Å². The van der Waals surface area contributed by atoms with Crippen LogP contribution in [-0.4, -0.2) is 41.0 Å². The fraction of sp³-hybridized carbons (Fsp3) is 0.588. The summed E-state index contributed by atoms with van der Waals surface area (Å²) in [5.74, 6) is -0.551. The van der Waals surface area contributed by atoms with Gasteiger partial charge in [-0.25, -0.2) is 9.78 Å². The van der Waals surface area contributed by atoms with Crippen LogP contribution in [0, 0.1) is 0 Å². The van der Waals surface area contributed by atoms with Gasteiger partial charge in [-0.1, -0.05) is 25.3 Å². The van der Waals surface area contributed by atoms with Crippen molar-refractivity contribution in [1.29, 1.82) is 0 Å². The zero-order valence-corrected chi connectivity index (χ0v) is 13.0. The first-order chi connectivity index (χ1) is 10.7. The van der Waals surface area contributed by atoms with Crippen LogP contribution in [0.15, 0.2) is 18.2 Å². The molecule has 22 heavy (non-hydrogen) atoms. The molecule has 0 radical (unpaired) electrons. The number of amides is 1. The number of esters is 1. The summed E-state index contributed by atoms with van der Waals surface area (Å²) in [5, 5.41) is 0. The van der Waals surface area contributed by atoms with Crippen LogP contribution in [0.1, 0.15) is 65.9 Å². The molecule has 1 amide bonds. The fourth-order valence-electron chi connectivity index (χ4n) is 3.25. The van der Waals surface area contributed by atoms with Crippen molar-refractivity contribution in [1.82, 2.24) is 9.88 Å². The van der Waals surface area contributed by atoms with E-state index in [1.165, 1.54) is 26.4 Å². The van der Waals surface area contributed by atoms with Crippen molar-refractivity contribution in [2.24, 2.45) is 0 Å². The second kappa shape index (κ2) is 6.46. The first-order valence-electron chi connectivity index (χ1n) is 8.08. The molecule has 1 aromatic heterocycles. The van der Waals surface area contributed by atoms with Gasteiger partial charge in [-0.3, -0.25) is 4.79 Å². The Hall–Kier alpha value is -1.91. The van der Waals surface area contributed by atoms with Gasteiger partial charge in [0.2, 0.25) is 0 Å². The molecule has 118 valence electrons. The van der Waals surface area contributed by atoms with E-state index in [0.717, 1.165) is 25.7 Å². The Balaban J connectivity index is 1.82. The van der Waals surface area contributed by atoms with Crippen LogP contribution in [0.2, 0.25) is 0 Å². The summed E-state index contributed by atoms with van der Waals surface area (Å²) < 4.78 is 4.68. The fourth-order valence-corrected chi connectivity index (χ4v) is 3.25. The second-order valence-electron chi connectivity index (χ2n) is 6.14. The molecular formula is C17H22N2O3. The monoisotopic (exact) mass is 302 g/mol. The Morgan fingerprint density at radius 3 is 2.32 bits per heavy atom. The Morgan fingerprint density at radius 2 is 1.68 bits per heavy atom. The van der Waals surface area contributed by atoms with E-state index in [-0.39, 0.29) is 11.6 Å². The molecule has 5 heteroatoms. The van der Waals surface area contributed by atoms with Gasteiger partial charge in [-0.2, -0.15) is 0 Å². The highest BCUT2D eigenvalue weighted by Crippen LogP contribution is 2.34. The molecule has 2 saturated carbocycles. The van der Waals surface area contributed by atoms with Gasteiger partial charge in [0.15, 0.2) is 0 Å². The Bertz CT molecular complexity index is 563. The average Bonchev–Trinajstić information content (AvgIpc) is 3.40. The minimum absolute atomic E-state index is 0.0415. The number of carbonyl (C=O) groups is 2. The molecule has 2 aliphatic rings. The first-order valence-corrected chi connectivity index (χ1v) is 8.08. The topological polar surface area (TPSA) is 59.5 Å². The number of hydrogen-bond acceptors (Lipinski definition) is 4. The number of nitrogens with zero attached hydrogens (tertiary/aromatic N) is 2. The van der Waals surface area contributed by atoms with Crippen LogP contribution < -0.4 is 0 Å². The molecule has 0 aromatic carbocycles. The number of rotatable bonds is 4. The molecular weight excluding hydrogens is 280 g/mol. The molecule has 0 bridgehead atoms. The van der Waals surface area contributed by atoms with E-state index in [9.17, 15) is 9.59 Å². The van der Waals surface area contributed by atoms with Crippen LogP contribution >= 0.6 is 0 Å². The summed E-state index contributed by atoms with van der Waals surface area (Å²) in [6, 6.07) is 5.65. The van der Waals surface area contributed by atoms with Crippen LogP contribution in [0.4, 0.5) is 0 Å². The lowest BCUT2D eigenvalue weighted by Gasteiger charge is -2.34. The van der Waals surface area contributed by atoms with Gasteiger partial charge in [0.1, 0.15) is 11.4 Å². The van der Waals surface area contributed by atoms with Crippen LogP contribution in [0.3, 0.4) is 0 Å². The van der Waals surface area contributed by atoms with Crippen molar-refractivity contribution < 1.29 is 14.3 Å². The van der Waals surface area contributed by atoms with E-state index in [4.69, 9.17) is 0 Å². The molecule has 0 unspecified atom stereocenters. The molecule has 0 N–H and O–H groups in total. The smallest absolute Gasteiger partial charge is 0.356 e. The summed E-state index contributed by atoms with van der Waals surface area (Å²) >= 11 is 0. The van der Waals surface area contributed by atoms with Crippen LogP contribution in [0.5, 0.6) is 0 Å². The summed E-state index contributed by atoms with van der Waals surface area (Å²) in [7, 11) is 1.32. The van der Waals surface area contributed by atoms with Gasteiger partial charge in [-0.15, -0.1) is 0 Å². The van der Waals surface area contributed by atoms with Crippen LogP contribution in [-0.2, 0) is 4.74 Å². The largest absolute Gasteiger partial charge is 0.464 e. The summed E-state index contributed by atoms with van der Waals surface area (Å²) in [6.45, 7) is 0. The van der Waals surface area contributed by atoms with Crippen molar-refractivity contribution in [3.63, 3.8) is 0 Å². The van der Waals surface area contributed by atoms with Crippen molar-refractivity contribution >= 4 is 11.9 Å². The molecule has 3 rings (SSSR count). The van der Waals surface area contributed by atoms with E-state index >= 15 is 0 Å². The third-order valence-electron chi connectivity index (χ3n) is 4.51. The van der Waals surface area contributed by atoms with Crippen molar-refractivity contribution in [2.75, 3.05) is 7.11 Å². The summed E-state index contributed by atoms with van der Waals surface area (Å²) in [4.78, 5) is 30.7. The summed E-state index contributed by atoms with van der Waals surface area (Å²) in [5.41, 5.74) is 0.535. The standard InChI is InChI=1S/C17H22N2O3/c1-22-17(21)15-9-5-8-14(18-15)16(20)19(13-10-11-13)12-6-3-2-4-7-12/h5,8-9,12-13H,2-4,6-7,10-11H2,1H3. The molecule has 1 aromatic rings. The predicted octanol–water partition coefficient (Wildman–Crippen LogP) is 2.81. The minimum Gasteiger partial charge on any atom is -0.464 e. The molecule has 0 aliphatic heterocycles. The zero-order valence-electron chi connectivity index (χ0n) is 13.0. The van der Waals surface area contributed by atoms with E-state index in [1.807, 2.05) is 4.90 Å². The number of hydrogen-bond donors (Lipinski definition) is 0. The van der Waals surface area contributed by atoms with Gasteiger partial charge in [0.05, 0.1) is 7.11 Å². The SMILES string of the molecule is COC(=O)c1cccc(C(=O)N(C2CCCCC2)C2CC2)n1. The zero-order chi connectivity index (χ0) is 15.5. The normalized spacial score (nSPS) is 18.8. The molecule has 1 heterocycles. The number of pyridine rings is 1. The molecule has 2 aliphatic carbocycles. The maximum Gasteiger partial charge on any atom is 0.356 e. The number of carbonyl (C=O) groups excluding carboxylic acids is 2. The molecule has 2 fully saturated rings. The third-order valence-corrected chi connectivity index (χ3v) is 4.51. The molecule has 0 spiro atoms. The molecule has 5 nitrogen and oxygen atoms in total. The first kappa shape index (κ1) is 15.0. The maximum atomic E-state index is 12.9. The lowest BCUT2D eigenvalue weighted by Crippen LogP contribution is -2.43. The Kier molecular flexibility index (Phi) is 4.41. The lowest BCUT2D eigenvalue weighted by atomic mass is 9.93. The Morgan fingerprint density at radius 1 is 1.05 bits per heavy atom. The second-order valence-corrected chi connectivity index (χ2v) is 6.14. The minimum atomic E-state index is -0.509. The average molecular weight is 302 g/mol. The quantitative estimate of drug-likeness (QED) is 0.802. The van der Waals surface area contributed by atoms with Gasteiger partial charge in [0.25, 0.3) is 5.91 Å². The molecule has 0 atom stereocenters. The highest BCUT2D eigenvalue weighted by atomic mass is 16.5. The van der Waals surface area contributed by atoms with Crippen molar-refractivity contribution in [3.05, 3.63) is 29.6 Å².